The van der Waals surface area contributed by atoms with Crippen molar-refractivity contribution in [2.24, 2.45) is 0 Å². The van der Waals surface area contributed by atoms with Crippen LogP contribution in [0.3, 0.4) is 0 Å². The molecule has 0 amide bonds. The Balaban J connectivity index is 3.49. The van der Waals surface area contributed by atoms with E-state index in [-0.39, 0.29) is 19.2 Å². The fourth-order valence-corrected chi connectivity index (χ4v) is 1.23. The molecular formula is C10H19FO3. The molecule has 0 heterocycles. The Labute approximate surface area is 84.3 Å². The zero-order chi connectivity index (χ0) is 11.0. The number of hydrogen-bond acceptors (Lipinski definition) is 3. The van der Waals surface area contributed by atoms with Crippen molar-refractivity contribution in [1.82, 2.24) is 0 Å². The summed E-state index contributed by atoms with van der Waals surface area (Å²) in [5, 5.41) is 8.54. The third-order valence-electron chi connectivity index (χ3n) is 2.00. The normalized spacial score (nSPS) is 14.9. The molecule has 0 aliphatic heterocycles. The molecule has 3 nitrogen and oxygen atoms in total. The molecule has 0 aromatic rings. The van der Waals surface area contributed by atoms with Gasteiger partial charge in [0.05, 0.1) is 6.61 Å². The highest BCUT2D eigenvalue weighted by Gasteiger charge is 2.21. The van der Waals surface area contributed by atoms with Crippen molar-refractivity contribution in [3.05, 3.63) is 0 Å². The standard InChI is InChI=1S/C10H19FO3/c1-9(13)14-8-4-6-10(2,11)5-3-7-12/h12H,3-8H2,1-2H3. The number of aliphatic hydroxyl groups excluding tert-OH is 1. The van der Waals surface area contributed by atoms with Gasteiger partial charge >= 0.3 is 5.97 Å². The Morgan fingerprint density at radius 2 is 2.00 bits per heavy atom. The Morgan fingerprint density at radius 1 is 1.43 bits per heavy atom. The molecule has 0 saturated carbocycles. The summed E-state index contributed by atoms with van der Waals surface area (Å²) in [5.41, 5.74) is -1.26. The second kappa shape index (κ2) is 6.76. The number of carbonyl (C=O) groups excluding carboxylic acids is 1. The fraction of sp³-hybridized carbons (Fsp3) is 0.900. The van der Waals surface area contributed by atoms with E-state index in [9.17, 15) is 9.18 Å². The molecule has 0 fully saturated rings. The second-order valence-electron chi connectivity index (χ2n) is 3.68. The lowest BCUT2D eigenvalue weighted by atomic mass is 9.97. The lowest BCUT2D eigenvalue weighted by Gasteiger charge is -2.19. The molecule has 1 unspecified atom stereocenters. The number of carbonyl (C=O) groups is 1. The zero-order valence-corrected chi connectivity index (χ0v) is 8.88. The van der Waals surface area contributed by atoms with Gasteiger partial charge in [0.1, 0.15) is 5.67 Å². The summed E-state index contributed by atoms with van der Waals surface area (Å²) in [6.45, 7) is 3.13. The van der Waals surface area contributed by atoms with E-state index < -0.39 is 5.67 Å². The van der Waals surface area contributed by atoms with Gasteiger partial charge in [0.25, 0.3) is 0 Å². The highest BCUT2D eigenvalue weighted by molar-refractivity contribution is 5.65. The van der Waals surface area contributed by atoms with Crippen LogP contribution in [-0.2, 0) is 9.53 Å². The smallest absolute Gasteiger partial charge is 0.302 e. The molecule has 0 aliphatic carbocycles. The van der Waals surface area contributed by atoms with Crippen LogP contribution in [0, 0.1) is 0 Å². The van der Waals surface area contributed by atoms with Crippen LogP contribution < -0.4 is 0 Å². The van der Waals surface area contributed by atoms with E-state index in [2.05, 4.69) is 4.74 Å². The van der Waals surface area contributed by atoms with Crippen molar-refractivity contribution in [2.45, 2.75) is 45.2 Å². The molecule has 0 saturated heterocycles. The van der Waals surface area contributed by atoms with E-state index in [0.29, 0.717) is 25.7 Å². The number of rotatable bonds is 7. The molecule has 0 aromatic heterocycles. The molecule has 84 valence electrons. The first-order chi connectivity index (χ1) is 6.48. The summed E-state index contributed by atoms with van der Waals surface area (Å²) in [6, 6.07) is 0. The van der Waals surface area contributed by atoms with Crippen molar-refractivity contribution in [1.29, 1.82) is 0 Å². The Kier molecular flexibility index (Phi) is 6.45. The van der Waals surface area contributed by atoms with Gasteiger partial charge in [-0.15, -0.1) is 0 Å². The van der Waals surface area contributed by atoms with E-state index in [0.717, 1.165) is 0 Å². The van der Waals surface area contributed by atoms with Gasteiger partial charge < -0.3 is 9.84 Å². The summed E-state index contributed by atoms with van der Waals surface area (Å²) < 4.78 is 18.2. The summed E-state index contributed by atoms with van der Waals surface area (Å²) in [5.74, 6) is -0.332. The average Bonchev–Trinajstić information content (AvgIpc) is 2.09. The molecule has 0 bridgehead atoms. The largest absolute Gasteiger partial charge is 0.466 e. The maximum Gasteiger partial charge on any atom is 0.302 e. The Bertz CT molecular complexity index is 169. The average molecular weight is 206 g/mol. The first-order valence-corrected chi connectivity index (χ1v) is 4.91. The molecule has 0 aromatic carbocycles. The molecule has 1 atom stereocenters. The molecule has 0 spiro atoms. The first kappa shape index (κ1) is 13.4. The molecule has 0 radical (unpaired) electrons. The van der Waals surface area contributed by atoms with Gasteiger partial charge in [-0.05, 0) is 32.6 Å². The molecule has 4 heteroatoms. The van der Waals surface area contributed by atoms with Gasteiger partial charge in [-0.3, -0.25) is 4.79 Å². The van der Waals surface area contributed by atoms with Gasteiger partial charge in [-0.2, -0.15) is 0 Å². The minimum absolute atomic E-state index is 0.0173. The van der Waals surface area contributed by atoms with Crippen LogP contribution in [0.2, 0.25) is 0 Å². The highest BCUT2D eigenvalue weighted by atomic mass is 19.1. The fourth-order valence-electron chi connectivity index (χ4n) is 1.23. The molecule has 0 aliphatic rings. The van der Waals surface area contributed by atoms with E-state index in [1.807, 2.05) is 0 Å². The number of esters is 1. The van der Waals surface area contributed by atoms with Gasteiger partial charge in [-0.1, -0.05) is 0 Å². The quantitative estimate of drug-likeness (QED) is 0.510. The summed E-state index contributed by atoms with van der Waals surface area (Å²) in [6.07, 6.45) is 1.71. The number of ether oxygens (including phenoxy) is 1. The van der Waals surface area contributed by atoms with Crippen LogP contribution in [0.15, 0.2) is 0 Å². The topological polar surface area (TPSA) is 46.5 Å². The predicted molar refractivity (Wildman–Crippen MR) is 51.7 cm³/mol. The maximum absolute atomic E-state index is 13.6. The van der Waals surface area contributed by atoms with Crippen LogP contribution in [0.4, 0.5) is 4.39 Å². The summed E-state index contributed by atoms with van der Waals surface area (Å²) >= 11 is 0. The van der Waals surface area contributed by atoms with E-state index in [4.69, 9.17) is 5.11 Å². The lowest BCUT2D eigenvalue weighted by Crippen LogP contribution is -2.19. The Morgan fingerprint density at radius 3 is 2.50 bits per heavy atom. The van der Waals surface area contributed by atoms with Gasteiger partial charge in [-0.25, -0.2) is 4.39 Å². The van der Waals surface area contributed by atoms with Gasteiger partial charge in [0.15, 0.2) is 0 Å². The van der Waals surface area contributed by atoms with Crippen LogP contribution in [-0.4, -0.2) is 30.0 Å². The lowest BCUT2D eigenvalue weighted by molar-refractivity contribution is -0.141. The van der Waals surface area contributed by atoms with Crippen molar-refractivity contribution in [3.8, 4) is 0 Å². The van der Waals surface area contributed by atoms with E-state index >= 15 is 0 Å². The van der Waals surface area contributed by atoms with Gasteiger partial charge in [0.2, 0.25) is 0 Å². The third-order valence-corrected chi connectivity index (χ3v) is 2.00. The first-order valence-electron chi connectivity index (χ1n) is 4.91. The van der Waals surface area contributed by atoms with E-state index in [1.54, 1.807) is 0 Å². The number of hydrogen-bond donors (Lipinski definition) is 1. The monoisotopic (exact) mass is 206 g/mol. The minimum atomic E-state index is -1.26. The predicted octanol–water partition coefficient (Wildman–Crippen LogP) is 1.83. The highest BCUT2D eigenvalue weighted by Crippen LogP contribution is 2.23. The molecule has 1 N–H and O–H groups in total. The van der Waals surface area contributed by atoms with E-state index in [1.165, 1.54) is 13.8 Å². The maximum atomic E-state index is 13.6. The van der Waals surface area contributed by atoms with Crippen LogP contribution in [0.1, 0.15) is 39.5 Å². The molecule has 0 rings (SSSR count). The number of alkyl halides is 1. The second-order valence-corrected chi connectivity index (χ2v) is 3.68. The van der Waals surface area contributed by atoms with Crippen molar-refractivity contribution in [2.75, 3.05) is 13.2 Å². The summed E-state index contributed by atoms with van der Waals surface area (Å²) in [7, 11) is 0. The van der Waals surface area contributed by atoms with Crippen molar-refractivity contribution < 1.29 is 19.0 Å². The van der Waals surface area contributed by atoms with Crippen molar-refractivity contribution >= 4 is 5.97 Å². The summed E-state index contributed by atoms with van der Waals surface area (Å²) in [4.78, 5) is 10.4. The number of aliphatic hydroxyl groups is 1. The Hall–Kier alpha value is -0.640. The SMILES string of the molecule is CC(=O)OCCCC(C)(F)CCCO. The van der Waals surface area contributed by atoms with Crippen LogP contribution in [0.5, 0.6) is 0 Å². The minimum Gasteiger partial charge on any atom is -0.466 e. The van der Waals surface area contributed by atoms with Gasteiger partial charge in [0, 0.05) is 13.5 Å². The molecule has 14 heavy (non-hydrogen) atoms. The van der Waals surface area contributed by atoms with Crippen molar-refractivity contribution in [3.63, 3.8) is 0 Å². The van der Waals surface area contributed by atoms with Crippen LogP contribution >= 0.6 is 0 Å². The number of halogens is 1. The molecular weight excluding hydrogens is 187 g/mol. The zero-order valence-electron chi connectivity index (χ0n) is 8.88. The third kappa shape index (κ3) is 7.98. The van der Waals surface area contributed by atoms with Crippen LogP contribution in [0.25, 0.3) is 0 Å².